The van der Waals surface area contributed by atoms with E-state index in [0.717, 1.165) is 16.5 Å². The third-order valence-electron chi connectivity index (χ3n) is 5.10. The van der Waals surface area contributed by atoms with Gasteiger partial charge in [-0.05, 0) is 41.5 Å². The van der Waals surface area contributed by atoms with Crippen molar-refractivity contribution in [2.24, 2.45) is 0 Å². The molecule has 0 spiro atoms. The first kappa shape index (κ1) is 21.6. The summed E-state index contributed by atoms with van der Waals surface area (Å²) in [4.78, 5) is 28.9. The van der Waals surface area contributed by atoms with Gasteiger partial charge in [-0.3, -0.25) is 4.79 Å². The van der Waals surface area contributed by atoms with Crippen LogP contribution >= 0.6 is 11.6 Å². The standard InChI is InChI=1S/C25H20ClFN2O3/c26-21-7-3-1-6-20(21)24(30)29-23(13-17-14-28-22-8-4-2-5-19(17)22)25(31)32-15-16-9-11-18(27)12-10-16/h1-12,14,23,28H,13,15H2,(H,29,30)/t23-/m0/s1. The Morgan fingerprint density at radius 3 is 2.50 bits per heavy atom. The van der Waals surface area contributed by atoms with Crippen LogP contribution in [-0.2, 0) is 22.6 Å². The first-order valence-corrected chi connectivity index (χ1v) is 10.4. The highest BCUT2D eigenvalue weighted by Crippen LogP contribution is 2.21. The maximum atomic E-state index is 13.1. The number of fused-ring (bicyclic) bond motifs is 1. The molecule has 0 unspecified atom stereocenters. The van der Waals surface area contributed by atoms with Crippen molar-refractivity contribution in [2.75, 3.05) is 0 Å². The molecule has 2 N–H and O–H groups in total. The van der Waals surface area contributed by atoms with Crippen molar-refractivity contribution in [2.45, 2.75) is 19.1 Å². The van der Waals surface area contributed by atoms with Gasteiger partial charge in [-0.15, -0.1) is 0 Å². The van der Waals surface area contributed by atoms with Crippen LogP contribution in [0.15, 0.2) is 79.0 Å². The number of esters is 1. The molecule has 0 aliphatic rings. The van der Waals surface area contributed by atoms with Crippen LogP contribution in [0.2, 0.25) is 5.02 Å². The summed E-state index contributed by atoms with van der Waals surface area (Å²) >= 11 is 6.14. The van der Waals surface area contributed by atoms with E-state index in [9.17, 15) is 14.0 Å². The van der Waals surface area contributed by atoms with Gasteiger partial charge in [-0.25, -0.2) is 9.18 Å². The van der Waals surface area contributed by atoms with E-state index in [1.165, 1.54) is 12.1 Å². The number of hydrogen-bond acceptors (Lipinski definition) is 3. The molecule has 0 radical (unpaired) electrons. The van der Waals surface area contributed by atoms with E-state index in [4.69, 9.17) is 16.3 Å². The van der Waals surface area contributed by atoms with Gasteiger partial charge in [0, 0.05) is 23.5 Å². The third kappa shape index (κ3) is 4.98. The number of carbonyl (C=O) groups is 2. The molecule has 4 aromatic rings. The molecule has 0 bridgehead atoms. The lowest BCUT2D eigenvalue weighted by Crippen LogP contribution is -2.43. The molecule has 32 heavy (non-hydrogen) atoms. The molecule has 0 aliphatic carbocycles. The van der Waals surface area contributed by atoms with E-state index in [1.54, 1.807) is 36.4 Å². The first-order valence-electron chi connectivity index (χ1n) is 10.0. The van der Waals surface area contributed by atoms with Crippen molar-refractivity contribution in [1.29, 1.82) is 0 Å². The molecule has 1 aromatic heterocycles. The van der Waals surface area contributed by atoms with Gasteiger partial charge in [0.25, 0.3) is 5.91 Å². The Labute approximate surface area is 189 Å². The number of ether oxygens (including phenoxy) is 1. The molecular weight excluding hydrogens is 431 g/mol. The molecular formula is C25H20ClFN2O3. The van der Waals surface area contributed by atoms with Gasteiger partial charge in [0.05, 0.1) is 10.6 Å². The lowest BCUT2D eigenvalue weighted by Gasteiger charge is -2.18. The summed E-state index contributed by atoms with van der Waals surface area (Å²) in [6, 6.07) is 19.0. The van der Waals surface area contributed by atoms with Crippen LogP contribution in [-0.4, -0.2) is 22.9 Å². The number of amides is 1. The highest BCUT2D eigenvalue weighted by atomic mass is 35.5. The van der Waals surface area contributed by atoms with E-state index in [-0.39, 0.29) is 29.4 Å². The molecule has 1 amide bonds. The minimum Gasteiger partial charge on any atom is -0.459 e. The number of hydrogen-bond donors (Lipinski definition) is 2. The zero-order valence-corrected chi connectivity index (χ0v) is 17.7. The summed E-state index contributed by atoms with van der Waals surface area (Å²) in [6.45, 7) is -0.0362. The molecule has 5 nitrogen and oxygen atoms in total. The third-order valence-corrected chi connectivity index (χ3v) is 5.43. The Hall–Kier alpha value is -3.64. The topological polar surface area (TPSA) is 71.2 Å². The Morgan fingerprint density at radius 2 is 1.72 bits per heavy atom. The smallest absolute Gasteiger partial charge is 0.329 e. The number of carbonyl (C=O) groups excluding carboxylic acids is 2. The SMILES string of the molecule is O=C(N[C@@H](Cc1c[nH]c2ccccc12)C(=O)OCc1ccc(F)cc1)c1ccccc1Cl. The highest BCUT2D eigenvalue weighted by Gasteiger charge is 2.25. The van der Waals surface area contributed by atoms with Crippen LogP contribution in [0, 0.1) is 5.82 Å². The number of rotatable bonds is 7. The van der Waals surface area contributed by atoms with Crippen LogP contribution in [0.3, 0.4) is 0 Å². The predicted octanol–water partition coefficient (Wildman–Crippen LogP) is 5.04. The highest BCUT2D eigenvalue weighted by molar-refractivity contribution is 6.33. The Morgan fingerprint density at radius 1 is 1.00 bits per heavy atom. The molecule has 0 fully saturated rings. The fourth-order valence-corrected chi connectivity index (χ4v) is 3.65. The van der Waals surface area contributed by atoms with Gasteiger partial charge in [0.2, 0.25) is 0 Å². The van der Waals surface area contributed by atoms with Gasteiger partial charge >= 0.3 is 5.97 Å². The Balaban J connectivity index is 1.55. The number of nitrogens with one attached hydrogen (secondary N) is 2. The van der Waals surface area contributed by atoms with Crippen LogP contribution in [0.25, 0.3) is 10.9 Å². The first-order chi connectivity index (χ1) is 15.5. The van der Waals surface area contributed by atoms with Gasteiger partial charge < -0.3 is 15.0 Å². The largest absolute Gasteiger partial charge is 0.459 e. The average molecular weight is 451 g/mol. The molecule has 1 heterocycles. The molecule has 162 valence electrons. The van der Waals surface area contributed by atoms with E-state index in [0.29, 0.717) is 5.56 Å². The summed E-state index contributed by atoms with van der Waals surface area (Å²) in [6.07, 6.45) is 2.04. The van der Waals surface area contributed by atoms with Gasteiger partial charge in [-0.2, -0.15) is 0 Å². The Kier molecular flexibility index (Phi) is 6.52. The summed E-state index contributed by atoms with van der Waals surface area (Å²) in [5, 5.41) is 3.99. The second-order valence-electron chi connectivity index (χ2n) is 7.30. The van der Waals surface area contributed by atoms with E-state index >= 15 is 0 Å². The van der Waals surface area contributed by atoms with Crippen LogP contribution in [0.1, 0.15) is 21.5 Å². The fraction of sp³-hybridized carbons (Fsp3) is 0.120. The van der Waals surface area contributed by atoms with Crippen molar-refractivity contribution in [3.05, 3.63) is 107 Å². The summed E-state index contributed by atoms with van der Waals surface area (Å²) < 4.78 is 18.6. The number of para-hydroxylation sites is 1. The van der Waals surface area contributed by atoms with E-state index in [2.05, 4.69) is 10.3 Å². The monoisotopic (exact) mass is 450 g/mol. The number of aromatic nitrogens is 1. The van der Waals surface area contributed by atoms with Crippen molar-refractivity contribution in [3.63, 3.8) is 0 Å². The zero-order chi connectivity index (χ0) is 22.5. The van der Waals surface area contributed by atoms with Crippen LogP contribution < -0.4 is 5.32 Å². The minimum atomic E-state index is -0.946. The number of H-pyrrole nitrogens is 1. The molecule has 0 saturated heterocycles. The van der Waals surface area contributed by atoms with Gasteiger partial charge in [0.1, 0.15) is 18.5 Å². The van der Waals surface area contributed by atoms with Crippen LogP contribution in [0.4, 0.5) is 4.39 Å². The second kappa shape index (κ2) is 9.66. The molecule has 0 aliphatic heterocycles. The van der Waals surface area contributed by atoms with Crippen LogP contribution in [0.5, 0.6) is 0 Å². The minimum absolute atomic E-state index is 0.0362. The number of benzene rings is 3. The lowest BCUT2D eigenvalue weighted by molar-refractivity contribution is -0.147. The zero-order valence-electron chi connectivity index (χ0n) is 17.0. The second-order valence-corrected chi connectivity index (χ2v) is 7.71. The molecule has 0 saturated carbocycles. The van der Waals surface area contributed by atoms with Crippen molar-refractivity contribution >= 4 is 34.4 Å². The molecule has 7 heteroatoms. The number of aromatic amines is 1. The maximum Gasteiger partial charge on any atom is 0.329 e. The van der Waals surface area contributed by atoms with Gasteiger partial charge in [-0.1, -0.05) is 54.1 Å². The van der Waals surface area contributed by atoms with E-state index < -0.39 is 17.9 Å². The van der Waals surface area contributed by atoms with Crippen molar-refractivity contribution in [1.82, 2.24) is 10.3 Å². The van der Waals surface area contributed by atoms with E-state index in [1.807, 2.05) is 30.5 Å². The molecule has 4 rings (SSSR count). The quantitative estimate of drug-likeness (QED) is 0.387. The number of halogens is 2. The van der Waals surface area contributed by atoms with Crippen molar-refractivity contribution < 1.29 is 18.7 Å². The lowest BCUT2D eigenvalue weighted by atomic mass is 10.0. The van der Waals surface area contributed by atoms with Gasteiger partial charge in [0.15, 0.2) is 0 Å². The average Bonchev–Trinajstić information content (AvgIpc) is 3.21. The normalized spacial score (nSPS) is 11.8. The molecule has 1 atom stereocenters. The maximum absolute atomic E-state index is 13.1. The predicted molar refractivity (Wildman–Crippen MR) is 121 cm³/mol. The summed E-state index contributed by atoms with van der Waals surface area (Å²) in [5.74, 6) is -1.44. The van der Waals surface area contributed by atoms with Crippen molar-refractivity contribution in [3.8, 4) is 0 Å². The summed E-state index contributed by atoms with van der Waals surface area (Å²) in [7, 11) is 0. The fourth-order valence-electron chi connectivity index (χ4n) is 3.43. The summed E-state index contributed by atoms with van der Waals surface area (Å²) in [5.41, 5.74) is 2.70. The Bertz CT molecular complexity index is 1250. The molecule has 3 aromatic carbocycles.